The van der Waals surface area contributed by atoms with Gasteiger partial charge in [0.1, 0.15) is 11.1 Å². The second-order valence-corrected chi connectivity index (χ2v) is 5.80. The fourth-order valence-electron chi connectivity index (χ4n) is 2.19. The van der Waals surface area contributed by atoms with Crippen LogP contribution in [-0.4, -0.2) is 45.5 Å². The second kappa shape index (κ2) is 5.19. The minimum absolute atomic E-state index is 0.136. The van der Waals surface area contributed by atoms with Crippen LogP contribution in [0.25, 0.3) is 0 Å². The lowest BCUT2D eigenvalue weighted by Gasteiger charge is -2.42. The van der Waals surface area contributed by atoms with Crippen LogP contribution in [0.3, 0.4) is 0 Å². The molecule has 108 valence electrons. The highest BCUT2D eigenvalue weighted by atomic mass is 16.6. The van der Waals surface area contributed by atoms with Gasteiger partial charge >= 0.3 is 12.1 Å². The fraction of sp³-hybridized carbons (Fsp3) is 0.769. The monoisotopic (exact) mass is 271 g/mol. The van der Waals surface area contributed by atoms with E-state index in [4.69, 9.17) is 4.74 Å². The number of carbonyl (C=O) groups excluding carboxylic acids is 2. The first-order valence-electron chi connectivity index (χ1n) is 6.38. The first-order valence-corrected chi connectivity index (χ1v) is 6.38. The van der Waals surface area contributed by atoms with Crippen molar-refractivity contribution in [2.45, 2.75) is 58.1 Å². The lowest BCUT2D eigenvalue weighted by molar-refractivity contribution is -0.155. The molecular formula is C13H21NO5. The number of nitrogens with zero attached hydrogens (tertiary/aromatic N) is 1. The number of carboxylic acid groups (broad SMARTS) is 1. The van der Waals surface area contributed by atoms with Crippen molar-refractivity contribution in [3.05, 3.63) is 0 Å². The maximum atomic E-state index is 12.1. The van der Waals surface area contributed by atoms with Crippen molar-refractivity contribution in [2.75, 3.05) is 6.54 Å². The molecule has 0 aromatic heterocycles. The number of carboxylic acids is 1. The molecule has 6 heteroatoms. The minimum atomic E-state index is -1.34. The van der Waals surface area contributed by atoms with E-state index < -0.39 is 23.2 Å². The van der Waals surface area contributed by atoms with Crippen molar-refractivity contribution in [1.29, 1.82) is 0 Å². The minimum Gasteiger partial charge on any atom is -0.479 e. The molecule has 1 N–H and O–H groups in total. The summed E-state index contributed by atoms with van der Waals surface area (Å²) >= 11 is 0. The average molecular weight is 271 g/mol. The molecule has 0 aliphatic carbocycles. The zero-order chi connectivity index (χ0) is 14.8. The Kier molecular flexibility index (Phi) is 4.22. The van der Waals surface area contributed by atoms with Crippen LogP contribution < -0.4 is 0 Å². The largest absolute Gasteiger partial charge is 0.479 e. The third kappa shape index (κ3) is 3.24. The lowest BCUT2D eigenvalue weighted by Crippen LogP contribution is -2.61. The van der Waals surface area contributed by atoms with Gasteiger partial charge in [0, 0.05) is 6.42 Å². The number of aliphatic carboxylic acids is 1. The van der Waals surface area contributed by atoms with Gasteiger partial charge in [-0.25, -0.2) is 9.59 Å². The predicted octanol–water partition coefficient (Wildman–Crippen LogP) is 1.82. The number of hydrogen-bond acceptors (Lipinski definition) is 4. The second-order valence-electron chi connectivity index (χ2n) is 5.80. The summed E-state index contributed by atoms with van der Waals surface area (Å²) in [5.41, 5.74) is -2.06. The van der Waals surface area contributed by atoms with Gasteiger partial charge in [-0.2, -0.15) is 0 Å². The molecule has 1 rings (SSSR count). The van der Waals surface area contributed by atoms with E-state index in [1.807, 2.05) is 0 Å². The van der Waals surface area contributed by atoms with Crippen LogP contribution >= 0.6 is 0 Å². The maximum Gasteiger partial charge on any atom is 0.411 e. The smallest absolute Gasteiger partial charge is 0.411 e. The van der Waals surface area contributed by atoms with E-state index in [1.165, 1.54) is 0 Å². The van der Waals surface area contributed by atoms with Gasteiger partial charge in [-0.3, -0.25) is 9.69 Å². The number of hydrogen-bond donors (Lipinski definition) is 1. The summed E-state index contributed by atoms with van der Waals surface area (Å²) in [6.07, 6.45) is -0.185. The summed E-state index contributed by atoms with van der Waals surface area (Å²) in [6, 6.07) is 0. The van der Waals surface area contributed by atoms with Gasteiger partial charge in [-0.15, -0.1) is 0 Å². The molecule has 1 aliphatic heterocycles. The molecule has 1 heterocycles. The van der Waals surface area contributed by atoms with E-state index in [9.17, 15) is 19.5 Å². The highest BCUT2D eigenvalue weighted by Crippen LogP contribution is 2.31. The predicted molar refractivity (Wildman–Crippen MR) is 67.8 cm³/mol. The van der Waals surface area contributed by atoms with E-state index in [0.717, 1.165) is 4.90 Å². The topological polar surface area (TPSA) is 83.9 Å². The van der Waals surface area contributed by atoms with Gasteiger partial charge < -0.3 is 9.84 Å². The molecule has 1 aliphatic rings. The Hall–Kier alpha value is -1.59. The summed E-state index contributed by atoms with van der Waals surface area (Å²) < 4.78 is 5.20. The number of carbonyl (C=O) groups is 3. The van der Waals surface area contributed by atoms with Crippen LogP contribution in [0.15, 0.2) is 0 Å². The van der Waals surface area contributed by atoms with Crippen molar-refractivity contribution in [1.82, 2.24) is 4.90 Å². The fourth-order valence-corrected chi connectivity index (χ4v) is 2.19. The highest BCUT2D eigenvalue weighted by molar-refractivity contribution is 5.92. The van der Waals surface area contributed by atoms with Gasteiger partial charge in [0.15, 0.2) is 5.78 Å². The van der Waals surface area contributed by atoms with Crippen LogP contribution in [0.1, 0.15) is 47.0 Å². The Morgan fingerprint density at radius 1 is 1.42 bits per heavy atom. The van der Waals surface area contributed by atoms with Crippen molar-refractivity contribution < 1.29 is 24.2 Å². The van der Waals surface area contributed by atoms with E-state index in [0.29, 0.717) is 0 Å². The molecule has 1 fully saturated rings. The van der Waals surface area contributed by atoms with E-state index >= 15 is 0 Å². The third-order valence-electron chi connectivity index (χ3n) is 3.27. The highest BCUT2D eigenvalue weighted by Gasteiger charge is 2.50. The van der Waals surface area contributed by atoms with Crippen LogP contribution in [0.5, 0.6) is 0 Å². The van der Waals surface area contributed by atoms with Gasteiger partial charge in [-0.05, 0) is 33.6 Å². The molecule has 0 aromatic rings. The Morgan fingerprint density at radius 2 is 2.00 bits per heavy atom. The average Bonchev–Trinajstić information content (AvgIpc) is 2.26. The van der Waals surface area contributed by atoms with Gasteiger partial charge in [0.2, 0.25) is 0 Å². The Bertz CT molecular complexity index is 398. The van der Waals surface area contributed by atoms with Crippen LogP contribution in [-0.2, 0) is 14.3 Å². The number of piperidine rings is 1. The quantitative estimate of drug-likeness (QED) is 0.828. The molecule has 0 bridgehead atoms. The van der Waals surface area contributed by atoms with Crippen LogP contribution in [0, 0.1) is 0 Å². The summed E-state index contributed by atoms with van der Waals surface area (Å²) in [7, 11) is 0. The molecule has 0 aromatic carbocycles. The van der Waals surface area contributed by atoms with E-state index in [1.54, 1.807) is 27.7 Å². The van der Waals surface area contributed by atoms with Crippen molar-refractivity contribution in [3.8, 4) is 0 Å². The first kappa shape index (κ1) is 15.5. The zero-order valence-electron chi connectivity index (χ0n) is 11.9. The SMILES string of the molecule is CC[C@@]1(C(=O)O)CCC(=O)CN1C(=O)OC(C)(C)C. The summed E-state index contributed by atoms with van der Waals surface area (Å²) in [4.78, 5) is 36.2. The molecule has 19 heavy (non-hydrogen) atoms. The summed E-state index contributed by atoms with van der Waals surface area (Å²) in [6.45, 7) is 6.59. The molecule has 0 spiro atoms. The molecule has 1 saturated heterocycles. The van der Waals surface area contributed by atoms with Crippen molar-refractivity contribution >= 4 is 17.8 Å². The summed E-state index contributed by atoms with van der Waals surface area (Å²) in [5, 5.41) is 9.43. The number of ketones is 1. The van der Waals surface area contributed by atoms with E-state index in [-0.39, 0.29) is 31.6 Å². The molecule has 1 atom stereocenters. The maximum absolute atomic E-state index is 12.1. The number of likely N-dealkylation sites (tertiary alicyclic amines) is 1. The Labute approximate surface area is 112 Å². The molecule has 0 unspecified atom stereocenters. The van der Waals surface area contributed by atoms with Gasteiger partial charge in [0.05, 0.1) is 6.54 Å². The summed E-state index contributed by atoms with van der Waals surface area (Å²) in [5.74, 6) is -1.23. The Morgan fingerprint density at radius 3 is 2.42 bits per heavy atom. The number of rotatable bonds is 2. The standard InChI is InChI=1S/C13H21NO5/c1-5-13(10(16)17)7-6-9(15)8-14(13)11(18)19-12(2,3)4/h5-8H2,1-4H3,(H,16,17)/t13-/m0/s1. The third-order valence-corrected chi connectivity index (χ3v) is 3.27. The van der Waals surface area contributed by atoms with E-state index in [2.05, 4.69) is 0 Å². The van der Waals surface area contributed by atoms with Gasteiger partial charge in [0.25, 0.3) is 0 Å². The molecule has 1 amide bonds. The van der Waals surface area contributed by atoms with Crippen LogP contribution in [0.4, 0.5) is 4.79 Å². The number of amides is 1. The first-order chi connectivity index (χ1) is 8.62. The van der Waals surface area contributed by atoms with Crippen molar-refractivity contribution in [3.63, 3.8) is 0 Å². The normalized spacial score (nSPS) is 24.2. The lowest BCUT2D eigenvalue weighted by atomic mass is 9.84. The molecule has 0 radical (unpaired) electrons. The molecule has 0 saturated carbocycles. The number of ether oxygens (including phenoxy) is 1. The van der Waals surface area contributed by atoms with Crippen molar-refractivity contribution in [2.24, 2.45) is 0 Å². The zero-order valence-corrected chi connectivity index (χ0v) is 11.9. The molecule has 6 nitrogen and oxygen atoms in total. The van der Waals surface area contributed by atoms with Crippen LogP contribution in [0.2, 0.25) is 0 Å². The molecular weight excluding hydrogens is 250 g/mol. The number of Topliss-reactive ketones (excluding diaryl/α,β-unsaturated/α-hetero) is 1. The Balaban J connectivity index is 3.06. The van der Waals surface area contributed by atoms with Gasteiger partial charge in [-0.1, -0.05) is 6.92 Å².